The molecule has 0 aromatic heterocycles. The van der Waals surface area contributed by atoms with Crippen molar-refractivity contribution in [3.8, 4) is 0 Å². The monoisotopic (exact) mass is 464 g/mol. The van der Waals surface area contributed by atoms with Crippen molar-refractivity contribution in [2.75, 3.05) is 39.9 Å². The Labute approximate surface area is 166 Å². The number of benzene rings is 1. The second-order valence-corrected chi connectivity index (χ2v) is 6.69. The summed E-state index contributed by atoms with van der Waals surface area (Å²) in [6, 6.07) is 8.83. The van der Waals surface area contributed by atoms with Crippen LogP contribution in [0.15, 0.2) is 29.3 Å². The molecule has 0 spiro atoms. The van der Waals surface area contributed by atoms with E-state index in [0.717, 1.165) is 31.3 Å². The van der Waals surface area contributed by atoms with Gasteiger partial charge in [-0.1, -0.05) is 23.7 Å². The van der Waals surface area contributed by atoms with E-state index in [4.69, 9.17) is 22.1 Å². The van der Waals surface area contributed by atoms with E-state index in [1.807, 2.05) is 19.2 Å². The molecule has 1 aliphatic carbocycles. The van der Waals surface area contributed by atoms with Gasteiger partial charge in [0.2, 0.25) is 0 Å². The predicted octanol–water partition coefficient (Wildman–Crippen LogP) is 2.74. The zero-order valence-electron chi connectivity index (χ0n) is 14.0. The molecular weight excluding hydrogens is 439 g/mol. The van der Waals surface area contributed by atoms with E-state index >= 15 is 0 Å². The van der Waals surface area contributed by atoms with Crippen molar-refractivity contribution in [2.24, 2.45) is 10.7 Å². The van der Waals surface area contributed by atoms with Crippen LogP contribution in [0.25, 0.3) is 0 Å². The van der Waals surface area contributed by atoms with Crippen LogP contribution < -0.4 is 5.73 Å². The SMILES string of the molecule is CN(C(N)=NCC(c1ccc(Cl)cc1)N1CCOCC1)C1CC1.I. The lowest BCUT2D eigenvalue weighted by atomic mass is 10.0. The summed E-state index contributed by atoms with van der Waals surface area (Å²) < 4.78 is 5.48. The summed E-state index contributed by atoms with van der Waals surface area (Å²) >= 11 is 6.03. The fourth-order valence-electron chi connectivity index (χ4n) is 2.95. The van der Waals surface area contributed by atoms with Crippen LogP contribution >= 0.6 is 35.6 Å². The predicted molar refractivity (Wildman–Crippen MR) is 109 cm³/mol. The minimum absolute atomic E-state index is 0. The summed E-state index contributed by atoms with van der Waals surface area (Å²) in [6.45, 7) is 4.03. The normalized spacial score (nSPS) is 20.3. The van der Waals surface area contributed by atoms with Crippen LogP contribution in [-0.4, -0.2) is 61.7 Å². The molecule has 1 saturated carbocycles. The van der Waals surface area contributed by atoms with E-state index in [1.54, 1.807) is 0 Å². The third kappa shape index (κ3) is 5.21. The van der Waals surface area contributed by atoms with Crippen molar-refractivity contribution in [3.05, 3.63) is 34.9 Å². The number of nitrogens with two attached hydrogens (primary N) is 1. The second kappa shape index (κ2) is 9.22. The number of guanidine groups is 1. The minimum atomic E-state index is 0. The summed E-state index contributed by atoms with van der Waals surface area (Å²) in [6.07, 6.45) is 2.44. The van der Waals surface area contributed by atoms with E-state index in [1.165, 1.54) is 18.4 Å². The minimum Gasteiger partial charge on any atom is -0.379 e. The zero-order chi connectivity index (χ0) is 16.2. The molecule has 1 aromatic carbocycles. The van der Waals surface area contributed by atoms with Crippen molar-refractivity contribution in [3.63, 3.8) is 0 Å². The molecule has 24 heavy (non-hydrogen) atoms. The maximum atomic E-state index is 6.15. The van der Waals surface area contributed by atoms with Crippen LogP contribution in [0.2, 0.25) is 5.02 Å². The molecule has 1 saturated heterocycles. The highest BCUT2D eigenvalue weighted by Gasteiger charge is 2.28. The molecule has 2 aliphatic rings. The summed E-state index contributed by atoms with van der Waals surface area (Å²) in [5.74, 6) is 0.639. The number of rotatable bonds is 5. The van der Waals surface area contributed by atoms with Gasteiger partial charge in [0, 0.05) is 31.2 Å². The number of hydrogen-bond acceptors (Lipinski definition) is 3. The fraction of sp³-hybridized carbons (Fsp3) is 0.588. The number of aliphatic imine (C=N–C) groups is 1. The molecule has 0 radical (unpaired) electrons. The smallest absolute Gasteiger partial charge is 0.191 e. The van der Waals surface area contributed by atoms with Crippen LogP contribution in [0.1, 0.15) is 24.4 Å². The van der Waals surface area contributed by atoms with Gasteiger partial charge >= 0.3 is 0 Å². The van der Waals surface area contributed by atoms with Crippen molar-refractivity contribution >= 4 is 41.5 Å². The van der Waals surface area contributed by atoms with Crippen LogP contribution in [0.3, 0.4) is 0 Å². The molecule has 5 nitrogen and oxygen atoms in total. The molecule has 1 aliphatic heterocycles. The maximum absolute atomic E-state index is 6.15. The van der Waals surface area contributed by atoms with Gasteiger partial charge in [-0.25, -0.2) is 0 Å². The van der Waals surface area contributed by atoms with Crippen molar-refractivity contribution in [1.82, 2.24) is 9.80 Å². The van der Waals surface area contributed by atoms with Crippen LogP contribution in [0.5, 0.6) is 0 Å². The maximum Gasteiger partial charge on any atom is 0.191 e. The van der Waals surface area contributed by atoms with Gasteiger partial charge in [0.05, 0.1) is 25.8 Å². The van der Waals surface area contributed by atoms with Gasteiger partial charge in [-0.3, -0.25) is 9.89 Å². The number of ether oxygens (including phenoxy) is 1. The van der Waals surface area contributed by atoms with Gasteiger partial charge in [0.25, 0.3) is 0 Å². The topological polar surface area (TPSA) is 54.1 Å². The Hall–Kier alpha value is -0.570. The molecule has 134 valence electrons. The lowest BCUT2D eigenvalue weighted by Gasteiger charge is -2.34. The quantitative estimate of drug-likeness (QED) is 0.414. The molecule has 0 bridgehead atoms. The lowest BCUT2D eigenvalue weighted by molar-refractivity contribution is 0.0179. The highest BCUT2D eigenvalue weighted by molar-refractivity contribution is 14.0. The van der Waals surface area contributed by atoms with Gasteiger partial charge in [-0.15, -0.1) is 24.0 Å². The van der Waals surface area contributed by atoms with Gasteiger partial charge in [-0.05, 0) is 30.5 Å². The Morgan fingerprint density at radius 2 is 1.96 bits per heavy atom. The average Bonchev–Trinajstić information content (AvgIpc) is 3.41. The molecule has 3 rings (SSSR count). The summed E-state index contributed by atoms with van der Waals surface area (Å²) in [4.78, 5) is 9.18. The number of morpholine rings is 1. The Kier molecular flexibility index (Phi) is 7.59. The highest BCUT2D eigenvalue weighted by atomic mass is 127. The van der Waals surface area contributed by atoms with Crippen molar-refractivity contribution in [1.29, 1.82) is 0 Å². The molecule has 1 aromatic rings. The van der Waals surface area contributed by atoms with Crippen LogP contribution in [0, 0.1) is 0 Å². The van der Waals surface area contributed by atoms with Gasteiger partial charge < -0.3 is 15.4 Å². The number of halogens is 2. The first-order valence-electron chi connectivity index (χ1n) is 8.25. The van der Waals surface area contributed by atoms with Crippen molar-refractivity contribution < 1.29 is 4.74 Å². The summed E-state index contributed by atoms with van der Waals surface area (Å²) in [7, 11) is 2.03. The molecular formula is C17H26ClIN4O. The Morgan fingerprint density at radius 3 is 2.54 bits per heavy atom. The standard InChI is InChI=1S/C17H25ClN4O.HI/c1-21(15-6-7-15)17(19)20-12-16(22-8-10-23-11-9-22)13-2-4-14(18)5-3-13;/h2-5,15-16H,6-12H2,1H3,(H2,19,20);1H. The van der Waals surface area contributed by atoms with Gasteiger partial charge in [0.1, 0.15) is 0 Å². The van der Waals surface area contributed by atoms with E-state index in [0.29, 0.717) is 18.5 Å². The highest BCUT2D eigenvalue weighted by Crippen LogP contribution is 2.26. The Balaban J connectivity index is 0.00000208. The van der Waals surface area contributed by atoms with Gasteiger partial charge in [0.15, 0.2) is 5.96 Å². The third-order valence-corrected chi connectivity index (χ3v) is 4.88. The first-order chi connectivity index (χ1) is 11.1. The lowest BCUT2D eigenvalue weighted by Crippen LogP contribution is -2.41. The average molecular weight is 465 g/mol. The third-order valence-electron chi connectivity index (χ3n) is 4.62. The van der Waals surface area contributed by atoms with Crippen LogP contribution in [-0.2, 0) is 4.74 Å². The molecule has 2 N–H and O–H groups in total. The Bertz CT molecular complexity index is 544. The van der Waals surface area contributed by atoms with Gasteiger partial charge in [-0.2, -0.15) is 0 Å². The molecule has 1 heterocycles. The summed E-state index contributed by atoms with van der Waals surface area (Å²) in [5, 5.41) is 0.756. The van der Waals surface area contributed by atoms with Crippen molar-refractivity contribution in [2.45, 2.75) is 24.9 Å². The number of hydrogen-bond donors (Lipinski definition) is 1. The second-order valence-electron chi connectivity index (χ2n) is 6.26. The van der Waals surface area contributed by atoms with E-state index in [2.05, 4.69) is 26.9 Å². The molecule has 1 atom stereocenters. The first kappa shape index (κ1) is 19.8. The van der Waals surface area contributed by atoms with Crippen LogP contribution in [0.4, 0.5) is 0 Å². The zero-order valence-corrected chi connectivity index (χ0v) is 17.1. The number of nitrogens with zero attached hydrogens (tertiary/aromatic N) is 3. The first-order valence-corrected chi connectivity index (χ1v) is 8.63. The van der Waals surface area contributed by atoms with E-state index < -0.39 is 0 Å². The van der Waals surface area contributed by atoms with E-state index in [-0.39, 0.29) is 30.0 Å². The molecule has 0 amide bonds. The Morgan fingerprint density at radius 1 is 1.33 bits per heavy atom. The molecule has 1 unspecified atom stereocenters. The van der Waals surface area contributed by atoms with E-state index in [9.17, 15) is 0 Å². The largest absolute Gasteiger partial charge is 0.379 e. The summed E-state index contributed by atoms with van der Waals surface area (Å²) in [5.41, 5.74) is 7.37. The fourth-order valence-corrected chi connectivity index (χ4v) is 3.07. The molecule has 2 fully saturated rings. The molecule has 7 heteroatoms.